The molecule has 202 valence electrons. The predicted octanol–water partition coefficient (Wildman–Crippen LogP) is 6.65. The highest BCUT2D eigenvalue weighted by atomic mass is 16.1. The number of aromatic nitrogens is 7. The highest BCUT2D eigenvalue weighted by molar-refractivity contribution is 5.86. The fourth-order valence-corrected chi connectivity index (χ4v) is 5.01. The number of carbonyl (C=O) groups excluding carboxylic acids is 1. The zero-order valence-electron chi connectivity index (χ0n) is 22.7. The lowest BCUT2D eigenvalue weighted by Gasteiger charge is -2.11. The number of aromatic amines is 1. The van der Waals surface area contributed by atoms with Crippen molar-refractivity contribution in [3.8, 4) is 22.6 Å². The molecule has 3 heterocycles. The van der Waals surface area contributed by atoms with E-state index < -0.39 is 0 Å². The third kappa shape index (κ3) is 5.58. The summed E-state index contributed by atoms with van der Waals surface area (Å²) in [5.74, 6) is 1.52. The maximum Gasteiger partial charge on any atom is 0.180 e. The van der Waals surface area contributed by atoms with Crippen LogP contribution in [0.4, 0.5) is 0 Å². The van der Waals surface area contributed by atoms with Crippen LogP contribution in [0.5, 0.6) is 0 Å². The fourth-order valence-electron chi connectivity index (χ4n) is 5.01. The van der Waals surface area contributed by atoms with Gasteiger partial charge in [-0.3, -0.25) is 4.79 Å². The van der Waals surface area contributed by atoms with E-state index >= 15 is 0 Å². The lowest BCUT2D eigenvalue weighted by molar-refractivity contribution is 0.111. The number of hydrogen-bond acceptors (Lipinski definition) is 6. The van der Waals surface area contributed by atoms with Crippen LogP contribution in [0, 0.1) is 0 Å². The Bertz CT molecular complexity index is 1820. The van der Waals surface area contributed by atoms with Crippen LogP contribution < -0.4 is 0 Å². The first kappa shape index (κ1) is 26.0. The van der Waals surface area contributed by atoms with Gasteiger partial charge in [0, 0.05) is 29.5 Å². The zero-order chi connectivity index (χ0) is 28.0. The number of benzene rings is 3. The molecule has 6 aromatic rings. The lowest BCUT2D eigenvalue weighted by atomic mass is 10.0. The second-order valence-electron chi connectivity index (χ2n) is 9.87. The van der Waals surface area contributed by atoms with Crippen LogP contribution >= 0.6 is 0 Å². The van der Waals surface area contributed by atoms with E-state index in [1.807, 2.05) is 78.9 Å². The Kier molecular flexibility index (Phi) is 7.53. The van der Waals surface area contributed by atoms with E-state index in [2.05, 4.69) is 50.3 Å². The van der Waals surface area contributed by atoms with Crippen LogP contribution in [0.25, 0.3) is 45.7 Å². The molecule has 8 heteroatoms. The number of pyridine rings is 1. The summed E-state index contributed by atoms with van der Waals surface area (Å²) in [6.45, 7) is 2.72. The van der Waals surface area contributed by atoms with E-state index in [-0.39, 0.29) is 0 Å². The van der Waals surface area contributed by atoms with E-state index in [1.165, 1.54) is 0 Å². The summed E-state index contributed by atoms with van der Waals surface area (Å²) in [6, 6.07) is 28.3. The highest BCUT2D eigenvalue weighted by Crippen LogP contribution is 2.30. The first-order valence-electron chi connectivity index (χ1n) is 13.7. The minimum atomic E-state index is 0.554. The van der Waals surface area contributed by atoms with Gasteiger partial charge in [0.05, 0.1) is 16.9 Å². The monoisotopic (exact) mass is 539 g/mol. The molecule has 0 saturated heterocycles. The molecule has 41 heavy (non-hydrogen) atoms. The maximum absolute atomic E-state index is 12.3. The number of fused-ring (bicyclic) bond motifs is 1. The third-order valence-corrected chi connectivity index (χ3v) is 7.11. The smallest absolute Gasteiger partial charge is 0.180 e. The number of tetrazole rings is 1. The first-order chi connectivity index (χ1) is 20.2. The van der Waals surface area contributed by atoms with Gasteiger partial charge >= 0.3 is 0 Å². The minimum Gasteiger partial charge on any atom is -0.321 e. The van der Waals surface area contributed by atoms with Gasteiger partial charge in [-0.2, -0.15) is 0 Å². The second kappa shape index (κ2) is 11.9. The molecular formula is C33H29N7O. The molecule has 6 rings (SSSR count). The SMILES string of the molecule is CCCCc1nc(C=Cc2ccccc2)c(C=O)n1Cc1ccc2nc(-c3ccccc3-c3nnn[nH]3)ccc2c1. The largest absolute Gasteiger partial charge is 0.321 e. The average molecular weight is 540 g/mol. The molecule has 0 aliphatic carbocycles. The topological polar surface area (TPSA) is 102 Å². The van der Waals surface area contributed by atoms with Crippen molar-refractivity contribution < 1.29 is 4.79 Å². The summed E-state index contributed by atoms with van der Waals surface area (Å²) in [4.78, 5) is 22.1. The summed E-state index contributed by atoms with van der Waals surface area (Å²) in [7, 11) is 0. The van der Waals surface area contributed by atoms with Crippen LogP contribution in [0.1, 0.15) is 52.9 Å². The van der Waals surface area contributed by atoms with Crippen molar-refractivity contribution in [3.05, 3.63) is 113 Å². The maximum atomic E-state index is 12.3. The third-order valence-electron chi connectivity index (χ3n) is 7.11. The standard InChI is InChI=1S/C33H29N7O/c1-2-3-13-32-35-30(18-14-23-9-5-4-6-10-23)31(22-41)40(32)21-24-15-17-28-25(20-24)16-19-29(34-28)26-11-7-8-12-27(26)33-36-38-39-37-33/h4-12,14-20,22H,2-3,13,21H2,1H3,(H,36,37,38,39). The Morgan fingerprint density at radius 1 is 0.878 bits per heavy atom. The summed E-state index contributed by atoms with van der Waals surface area (Å²) in [6.07, 6.45) is 7.73. The molecule has 0 unspecified atom stereocenters. The van der Waals surface area contributed by atoms with Gasteiger partial charge in [0.25, 0.3) is 0 Å². The number of nitrogens with one attached hydrogen (secondary N) is 1. The van der Waals surface area contributed by atoms with Gasteiger partial charge in [-0.15, -0.1) is 5.10 Å². The van der Waals surface area contributed by atoms with Crippen LogP contribution in [0.2, 0.25) is 0 Å². The molecule has 1 N–H and O–H groups in total. The molecule has 0 aliphatic rings. The van der Waals surface area contributed by atoms with Gasteiger partial charge in [0.1, 0.15) is 11.5 Å². The number of rotatable bonds is 10. The number of unbranched alkanes of at least 4 members (excludes halogenated alkanes) is 1. The Hall–Kier alpha value is -5.24. The average Bonchev–Trinajstić information content (AvgIpc) is 3.67. The van der Waals surface area contributed by atoms with E-state index in [0.717, 1.165) is 70.2 Å². The normalized spacial score (nSPS) is 11.4. The van der Waals surface area contributed by atoms with Crippen molar-refractivity contribution in [2.24, 2.45) is 0 Å². The highest BCUT2D eigenvalue weighted by Gasteiger charge is 2.16. The van der Waals surface area contributed by atoms with Crippen molar-refractivity contribution in [1.29, 1.82) is 0 Å². The van der Waals surface area contributed by atoms with Gasteiger partial charge in [-0.25, -0.2) is 15.1 Å². The predicted molar refractivity (Wildman–Crippen MR) is 161 cm³/mol. The minimum absolute atomic E-state index is 0.554. The summed E-state index contributed by atoms with van der Waals surface area (Å²) in [5.41, 5.74) is 7.00. The summed E-state index contributed by atoms with van der Waals surface area (Å²) < 4.78 is 2.05. The zero-order valence-corrected chi connectivity index (χ0v) is 22.7. The van der Waals surface area contributed by atoms with Gasteiger partial charge in [0.15, 0.2) is 12.1 Å². The van der Waals surface area contributed by atoms with Crippen molar-refractivity contribution in [1.82, 2.24) is 35.2 Å². The van der Waals surface area contributed by atoms with E-state index in [1.54, 1.807) is 0 Å². The van der Waals surface area contributed by atoms with E-state index in [0.29, 0.717) is 23.8 Å². The van der Waals surface area contributed by atoms with Crippen molar-refractivity contribution in [2.75, 3.05) is 0 Å². The first-order valence-corrected chi connectivity index (χ1v) is 13.7. The molecule has 0 saturated carbocycles. The molecule has 8 nitrogen and oxygen atoms in total. The van der Waals surface area contributed by atoms with E-state index in [4.69, 9.17) is 9.97 Å². The molecule has 3 aromatic carbocycles. The van der Waals surface area contributed by atoms with E-state index in [9.17, 15) is 4.79 Å². The van der Waals surface area contributed by atoms with Crippen LogP contribution in [0.15, 0.2) is 84.9 Å². The lowest BCUT2D eigenvalue weighted by Crippen LogP contribution is -2.09. The molecule has 0 radical (unpaired) electrons. The fraction of sp³-hybridized carbons (Fsp3) is 0.152. The Balaban J connectivity index is 1.32. The van der Waals surface area contributed by atoms with Crippen molar-refractivity contribution in [3.63, 3.8) is 0 Å². The molecule has 0 fully saturated rings. The van der Waals surface area contributed by atoms with Gasteiger partial charge in [0.2, 0.25) is 0 Å². The summed E-state index contributed by atoms with van der Waals surface area (Å²) in [5, 5.41) is 15.4. The van der Waals surface area contributed by atoms with Gasteiger partial charge in [-0.05, 0) is 52.2 Å². The number of hydrogen-bond donors (Lipinski definition) is 1. The quantitative estimate of drug-likeness (QED) is 0.196. The summed E-state index contributed by atoms with van der Waals surface area (Å²) >= 11 is 0. The molecule has 0 spiro atoms. The van der Waals surface area contributed by atoms with Gasteiger partial charge < -0.3 is 4.57 Å². The van der Waals surface area contributed by atoms with Crippen LogP contribution in [-0.4, -0.2) is 41.4 Å². The molecule has 0 aliphatic heterocycles. The number of carbonyl (C=O) groups is 1. The number of nitrogens with zero attached hydrogens (tertiary/aromatic N) is 6. The van der Waals surface area contributed by atoms with Crippen molar-refractivity contribution in [2.45, 2.75) is 32.7 Å². The number of aryl methyl sites for hydroxylation is 1. The van der Waals surface area contributed by atoms with Crippen LogP contribution in [0.3, 0.4) is 0 Å². The molecule has 0 amide bonds. The number of imidazole rings is 1. The molecular weight excluding hydrogens is 510 g/mol. The second-order valence-corrected chi connectivity index (χ2v) is 9.87. The van der Waals surface area contributed by atoms with Gasteiger partial charge in [-0.1, -0.05) is 86.2 Å². The Labute approximate surface area is 237 Å². The molecule has 0 bridgehead atoms. The number of aldehydes is 1. The molecule has 3 aromatic heterocycles. The Morgan fingerprint density at radius 2 is 1.71 bits per heavy atom. The van der Waals surface area contributed by atoms with Crippen molar-refractivity contribution >= 4 is 29.3 Å². The molecule has 0 atom stereocenters. The Morgan fingerprint density at radius 3 is 2.49 bits per heavy atom. The number of H-pyrrole nitrogens is 1. The van der Waals surface area contributed by atoms with Crippen LogP contribution in [-0.2, 0) is 13.0 Å².